The lowest BCUT2D eigenvalue weighted by atomic mass is 9.85. The number of piperidine rings is 1. The molecule has 7 nitrogen and oxygen atoms in total. The number of carbonyl (C=O) groups is 3. The number of carbonyl (C=O) groups excluding carboxylic acids is 2. The van der Waals surface area contributed by atoms with Gasteiger partial charge in [-0.2, -0.15) is 13.2 Å². The Hall–Kier alpha value is -3.56. The second-order valence-corrected chi connectivity index (χ2v) is 11.2. The Balaban J connectivity index is 1.34. The molecule has 3 fully saturated rings. The van der Waals surface area contributed by atoms with Crippen molar-refractivity contribution < 1.29 is 32.7 Å². The summed E-state index contributed by atoms with van der Waals surface area (Å²) in [6.45, 7) is 1.69. The Morgan fingerprint density at radius 1 is 0.975 bits per heavy atom. The summed E-state index contributed by atoms with van der Waals surface area (Å²) in [6.07, 6.45) is 0.889. The third kappa shape index (κ3) is 5.67. The SMILES string of the molecule is O=C(O)Cc1cccc(N2CCC3(CC2)C(=O)N(CC2CCCC2)C(=O)N3CCc2ccc(C(F)(F)F)cc2)c1. The van der Waals surface area contributed by atoms with Gasteiger partial charge in [-0.3, -0.25) is 14.5 Å². The molecule has 0 atom stereocenters. The summed E-state index contributed by atoms with van der Waals surface area (Å²) >= 11 is 0. The molecule has 10 heteroatoms. The summed E-state index contributed by atoms with van der Waals surface area (Å²) < 4.78 is 39.0. The zero-order chi connectivity index (χ0) is 28.5. The lowest BCUT2D eigenvalue weighted by molar-refractivity contribution is -0.138. The van der Waals surface area contributed by atoms with Gasteiger partial charge in [0.1, 0.15) is 5.54 Å². The summed E-state index contributed by atoms with van der Waals surface area (Å²) in [5, 5.41) is 9.16. The number of anilines is 1. The fourth-order valence-electron chi connectivity index (χ4n) is 6.46. The molecule has 2 aromatic carbocycles. The highest BCUT2D eigenvalue weighted by atomic mass is 19.4. The molecule has 1 spiro atoms. The number of halogens is 3. The Morgan fingerprint density at radius 3 is 2.27 bits per heavy atom. The summed E-state index contributed by atoms with van der Waals surface area (Å²) in [5.74, 6) is -0.774. The van der Waals surface area contributed by atoms with Crippen LogP contribution in [0.5, 0.6) is 0 Å². The van der Waals surface area contributed by atoms with Crippen molar-refractivity contribution in [2.45, 2.75) is 63.1 Å². The molecule has 2 aliphatic heterocycles. The Kier molecular flexibility index (Phi) is 7.79. The number of carboxylic acid groups (broad SMARTS) is 1. The van der Waals surface area contributed by atoms with E-state index in [1.807, 2.05) is 18.2 Å². The number of alkyl halides is 3. The van der Waals surface area contributed by atoms with E-state index >= 15 is 0 Å². The highest BCUT2D eigenvalue weighted by Gasteiger charge is 2.58. The van der Waals surface area contributed by atoms with E-state index in [-0.39, 0.29) is 24.9 Å². The van der Waals surface area contributed by atoms with Crippen LogP contribution in [0.1, 0.15) is 55.2 Å². The van der Waals surface area contributed by atoms with Gasteiger partial charge in [0.05, 0.1) is 12.0 Å². The molecule has 5 rings (SSSR count). The first-order valence-electron chi connectivity index (χ1n) is 13.9. The molecular weight excluding hydrogens is 523 g/mol. The Labute approximate surface area is 231 Å². The number of hydrogen-bond donors (Lipinski definition) is 1. The minimum absolute atomic E-state index is 0.0769. The van der Waals surface area contributed by atoms with Crippen LogP contribution in [0, 0.1) is 5.92 Å². The molecule has 214 valence electrons. The summed E-state index contributed by atoms with van der Waals surface area (Å²) in [7, 11) is 0. The first-order chi connectivity index (χ1) is 19.1. The van der Waals surface area contributed by atoms with E-state index in [1.54, 1.807) is 11.0 Å². The van der Waals surface area contributed by atoms with E-state index in [4.69, 9.17) is 5.11 Å². The largest absolute Gasteiger partial charge is 0.481 e. The lowest BCUT2D eigenvalue weighted by Gasteiger charge is -2.43. The zero-order valence-corrected chi connectivity index (χ0v) is 22.3. The highest BCUT2D eigenvalue weighted by molar-refractivity contribution is 6.07. The minimum Gasteiger partial charge on any atom is -0.481 e. The first kappa shape index (κ1) is 28.0. The molecule has 0 radical (unpaired) electrons. The number of carboxylic acids is 1. The number of urea groups is 1. The molecule has 0 bridgehead atoms. The van der Waals surface area contributed by atoms with Crippen molar-refractivity contribution in [3.8, 4) is 0 Å². The molecule has 1 saturated carbocycles. The smallest absolute Gasteiger partial charge is 0.416 e. The predicted molar refractivity (Wildman–Crippen MR) is 143 cm³/mol. The molecule has 1 N–H and O–H groups in total. The summed E-state index contributed by atoms with van der Waals surface area (Å²) in [4.78, 5) is 44.0. The molecule has 1 aliphatic carbocycles. The van der Waals surface area contributed by atoms with Crippen LogP contribution < -0.4 is 4.90 Å². The van der Waals surface area contributed by atoms with E-state index < -0.39 is 23.2 Å². The predicted octanol–water partition coefficient (Wildman–Crippen LogP) is 5.37. The van der Waals surface area contributed by atoms with Crippen LogP contribution in [-0.4, -0.2) is 64.5 Å². The van der Waals surface area contributed by atoms with Crippen LogP contribution in [-0.2, 0) is 28.6 Å². The first-order valence-corrected chi connectivity index (χ1v) is 13.9. The van der Waals surface area contributed by atoms with E-state index in [1.165, 1.54) is 17.0 Å². The van der Waals surface area contributed by atoms with Crippen molar-refractivity contribution in [3.05, 3.63) is 65.2 Å². The average molecular weight is 558 g/mol. The van der Waals surface area contributed by atoms with Gasteiger partial charge in [0.25, 0.3) is 5.91 Å². The van der Waals surface area contributed by atoms with Crippen molar-refractivity contribution in [2.75, 3.05) is 31.1 Å². The third-order valence-corrected chi connectivity index (χ3v) is 8.66. The average Bonchev–Trinajstić information content (AvgIpc) is 3.50. The maximum atomic E-state index is 13.9. The molecule has 3 amide bonds. The van der Waals surface area contributed by atoms with Crippen LogP contribution >= 0.6 is 0 Å². The minimum atomic E-state index is -4.41. The van der Waals surface area contributed by atoms with Crippen molar-refractivity contribution in [3.63, 3.8) is 0 Å². The maximum absolute atomic E-state index is 13.9. The Morgan fingerprint density at radius 2 is 1.65 bits per heavy atom. The van der Waals surface area contributed by atoms with Crippen molar-refractivity contribution >= 4 is 23.6 Å². The Bertz CT molecular complexity index is 1250. The molecule has 0 unspecified atom stereocenters. The summed E-state index contributed by atoms with van der Waals surface area (Å²) in [6, 6.07) is 12.0. The van der Waals surface area contributed by atoms with Gasteiger partial charge in [-0.25, -0.2) is 4.79 Å². The van der Waals surface area contributed by atoms with Crippen LogP contribution in [0.25, 0.3) is 0 Å². The van der Waals surface area contributed by atoms with Gasteiger partial charge in [-0.05, 0) is 73.4 Å². The van der Waals surface area contributed by atoms with Gasteiger partial charge < -0.3 is 14.9 Å². The van der Waals surface area contributed by atoms with Crippen LogP contribution in [0.3, 0.4) is 0 Å². The number of amides is 3. The quantitative estimate of drug-likeness (QED) is 0.442. The fraction of sp³-hybridized carbons (Fsp3) is 0.500. The number of nitrogens with zero attached hydrogens (tertiary/aromatic N) is 3. The van der Waals surface area contributed by atoms with Crippen molar-refractivity contribution in [2.24, 2.45) is 5.92 Å². The fourth-order valence-corrected chi connectivity index (χ4v) is 6.46. The standard InChI is InChI=1S/C30H34F3N3O4/c31-30(32,33)24-10-8-21(9-11-24)12-15-36-28(40)35(20-22-4-1-2-5-22)27(39)29(36)13-16-34(17-14-29)25-7-3-6-23(18-25)19-26(37)38/h3,6-11,18,22H,1-2,4-5,12-17,19-20H2,(H,37,38). The maximum Gasteiger partial charge on any atom is 0.416 e. The van der Waals surface area contributed by atoms with Gasteiger partial charge in [-0.15, -0.1) is 0 Å². The topological polar surface area (TPSA) is 81.2 Å². The lowest BCUT2D eigenvalue weighted by Crippen LogP contribution is -2.57. The van der Waals surface area contributed by atoms with Crippen LogP contribution in [0.2, 0.25) is 0 Å². The van der Waals surface area contributed by atoms with Gasteiger partial charge in [0.15, 0.2) is 0 Å². The number of rotatable bonds is 8. The van der Waals surface area contributed by atoms with E-state index in [9.17, 15) is 27.6 Å². The van der Waals surface area contributed by atoms with Crippen LogP contribution in [0.15, 0.2) is 48.5 Å². The molecule has 3 aliphatic rings. The highest BCUT2D eigenvalue weighted by Crippen LogP contribution is 2.40. The van der Waals surface area contributed by atoms with Gasteiger partial charge in [0.2, 0.25) is 0 Å². The number of benzene rings is 2. The van der Waals surface area contributed by atoms with E-state index in [0.717, 1.165) is 43.5 Å². The summed E-state index contributed by atoms with van der Waals surface area (Å²) in [5.41, 5.74) is 0.535. The number of hydrogen-bond acceptors (Lipinski definition) is 4. The normalized spacial score (nSPS) is 19.7. The molecule has 0 aromatic heterocycles. The second kappa shape index (κ2) is 11.1. The number of imide groups is 1. The van der Waals surface area contributed by atoms with Crippen molar-refractivity contribution in [1.82, 2.24) is 9.80 Å². The van der Waals surface area contributed by atoms with E-state index in [0.29, 0.717) is 55.9 Å². The monoisotopic (exact) mass is 557 g/mol. The van der Waals surface area contributed by atoms with Gasteiger partial charge >= 0.3 is 18.2 Å². The van der Waals surface area contributed by atoms with E-state index in [2.05, 4.69) is 4.90 Å². The molecule has 2 saturated heterocycles. The molecule has 2 heterocycles. The van der Waals surface area contributed by atoms with Gasteiger partial charge in [-0.1, -0.05) is 37.1 Å². The third-order valence-electron chi connectivity index (χ3n) is 8.66. The molecule has 40 heavy (non-hydrogen) atoms. The molecular formula is C30H34F3N3O4. The molecule has 2 aromatic rings. The second-order valence-electron chi connectivity index (χ2n) is 11.2. The zero-order valence-electron chi connectivity index (χ0n) is 22.3. The number of aliphatic carboxylic acids is 1. The van der Waals surface area contributed by atoms with Gasteiger partial charge in [0, 0.05) is 31.9 Å². The van der Waals surface area contributed by atoms with Crippen LogP contribution in [0.4, 0.5) is 23.7 Å². The van der Waals surface area contributed by atoms with Crippen molar-refractivity contribution in [1.29, 1.82) is 0 Å².